The van der Waals surface area contributed by atoms with Crippen LogP contribution >= 0.6 is 15.9 Å². The van der Waals surface area contributed by atoms with Gasteiger partial charge in [-0.2, -0.15) is 0 Å². The predicted molar refractivity (Wildman–Crippen MR) is 75.1 cm³/mol. The number of carbonyl (C=O) groups is 1. The highest BCUT2D eigenvalue weighted by molar-refractivity contribution is 9.10. The van der Waals surface area contributed by atoms with E-state index in [9.17, 15) is 9.90 Å². The third-order valence-electron chi connectivity index (χ3n) is 3.22. The first-order chi connectivity index (χ1) is 8.54. The van der Waals surface area contributed by atoms with Crippen LogP contribution in [-0.4, -0.2) is 16.1 Å². The SMILES string of the molecule is CCC(C)c1cnc2cc(Br)ccc2c1C(=O)O. The molecule has 1 unspecified atom stereocenters. The average molecular weight is 308 g/mol. The summed E-state index contributed by atoms with van der Waals surface area (Å²) in [5.41, 5.74) is 1.88. The summed E-state index contributed by atoms with van der Waals surface area (Å²) in [5.74, 6) is -0.698. The topological polar surface area (TPSA) is 50.2 Å². The highest BCUT2D eigenvalue weighted by Gasteiger charge is 2.18. The largest absolute Gasteiger partial charge is 0.478 e. The van der Waals surface area contributed by atoms with Crippen LogP contribution in [0.1, 0.15) is 42.1 Å². The first-order valence-electron chi connectivity index (χ1n) is 5.86. The van der Waals surface area contributed by atoms with Crippen LogP contribution in [0.3, 0.4) is 0 Å². The average Bonchev–Trinajstić information content (AvgIpc) is 2.35. The van der Waals surface area contributed by atoms with Gasteiger partial charge in [-0.05, 0) is 30.0 Å². The number of pyridine rings is 1. The Bertz CT molecular complexity index is 610. The molecule has 2 aromatic rings. The normalized spacial score (nSPS) is 12.6. The van der Waals surface area contributed by atoms with E-state index >= 15 is 0 Å². The van der Waals surface area contributed by atoms with E-state index in [1.807, 2.05) is 32.0 Å². The van der Waals surface area contributed by atoms with Gasteiger partial charge in [-0.25, -0.2) is 4.79 Å². The fourth-order valence-electron chi connectivity index (χ4n) is 2.01. The van der Waals surface area contributed by atoms with Gasteiger partial charge in [-0.1, -0.05) is 35.8 Å². The van der Waals surface area contributed by atoms with Crippen LogP contribution in [-0.2, 0) is 0 Å². The summed E-state index contributed by atoms with van der Waals surface area (Å²) in [7, 11) is 0. The maximum absolute atomic E-state index is 11.5. The zero-order chi connectivity index (χ0) is 13.3. The van der Waals surface area contributed by atoms with E-state index in [2.05, 4.69) is 20.9 Å². The third-order valence-corrected chi connectivity index (χ3v) is 3.71. The Kier molecular flexibility index (Phi) is 3.66. The van der Waals surface area contributed by atoms with Crippen LogP contribution in [0.25, 0.3) is 10.9 Å². The van der Waals surface area contributed by atoms with Crippen LogP contribution < -0.4 is 0 Å². The zero-order valence-electron chi connectivity index (χ0n) is 10.3. The van der Waals surface area contributed by atoms with E-state index in [1.54, 1.807) is 6.20 Å². The second kappa shape index (κ2) is 5.06. The lowest BCUT2D eigenvalue weighted by Crippen LogP contribution is -2.07. The molecule has 0 saturated carbocycles. The molecule has 1 aromatic carbocycles. The molecule has 1 N–H and O–H groups in total. The van der Waals surface area contributed by atoms with E-state index in [0.717, 1.165) is 16.5 Å². The lowest BCUT2D eigenvalue weighted by molar-refractivity contribution is 0.0697. The molecule has 0 bridgehead atoms. The maximum atomic E-state index is 11.5. The molecule has 1 atom stereocenters. The fourth-order valence-corrected chi connectivity index (χ4v) is 2.36. The van der Waals surface area contributed by atoms with E-state index in [-0.39, 0.29) is 5.92 Å². The fraction of sp³-hybridized carbons (Fsp3) is 0.286. The quantitative estimate of drug-likeness (QED) is 0.924. The van der Waals surface area contributed by atoms with Crippen molar-refractivity contribution in [2.45, 2.75) is 26.2 Å². The Morgan fingerprint density at radius 2 is 2.22 bits per heavy atom. The van der Waals surface area contributed by atoms with Crippen molar-refractivity contribution < 1.29 is 9.90 Å². The van der Waals surface area contributed by atoms with Gasteiger partial charge in [0.15, 0.2) is 0 Å². The Hall–Kier alpha value is -1.42. The van der Waals surface area contributed by atoms with Crippen molar-refractivity contribution in [2.75, 3.05) is 0 Å². The number of hydrogen-bond donors (Lipinski definition) is 1. The first-order valence-corrected chi connectivity index (χ1v) is 6.65. The van der Waals surface area contributed by atoms with Crippen molar-refractivity contribution in [2.24, 2.45) is 0 Å². The standard InChI is InChI=1S/C14H14BrNO2/c1-3-8(2)11-7-16-12-6-9(15)4-5-10(12)13(11)14(17)18/h4-8H,3H2,1-2H3,(H,17,18). The molecule has 0 radical (unpaired) electrons. The molecule has 4 heteroatoms. The minimum Gasteiger partial charge on any atom is -0.478 e. The number of aromatic nitrogens is 1. The molecule has 0 spiro atoms. The molecule has 1 aromatic heterocycles. The molecule has 18 heavy (non-hydrogen) atoms. The van der Waals surface area contributed by atoms with Gasteiger partial charge in [0, 0.05) is 16.1 Å². The minimum absolute atomic E-state index is 0.191. The summed E-state index contributed by atoms with van der Waals surface area (Å²) in [4.78, 5) is 15.9. The number of aromatic carboxylic acids is 1. The number of rotatable bonds is 3. The molecule has 0 amide bonds. The molecule has 0 aliphatic carbocycles. The van der Waals surface area contributed by atoms with Gasteiger partial charge in [0.25, 0.3) is 0 Å². The van der Waals surface area contributed by atoms with Gasteiger partial charge in [0.05, 0.1) is 11.1 Å². The minimum atomic E-state index is -0.889. The number of fused-ring (bicyclic) bond motifs is 1. The van der Waals surface area contributed by atoms with Crippen LogP contribution in [0, 0.1) is 0 Å². The lowest BCUT2D eigenvalue weighted by Gasteiger charge is -2.14. The summed E-state index contributed by atoms with van der Waals surface area (Å²) in [6.07, 6.45) is 2.58. The van der Waals surface area contributed by atoms with Gasteiger partial charge in [-0.3, -0.25) is 4.98 Å². The Balaban J connectivity index is 2.78. The lowest BCUT2D eigenvalue weighted by atomic mass is 9.93. The van der Waals surface area contributed by atoms with Crippen LogP contribution in [0.2, 0.25) is 0 Å². The van der Waals surface area contributed by atoms with Gasteiger partial charge >= 0.3 is 5.97 Å². The molecule has 94 valence electrons. The second-order valence-corrected chi connectivity index (χ2v) is 5.28. The number of carboxylic acids is 1. The summed E-state index contributed by atoms with van der Waals surface area (Å²) < 4.78 is 0.898. The highest BCUT2D eigenvalue weighted by Crippen LogP contribution is 2.29. The molecule has 2 rings (SSSR count). The van der Waals surface area contributed by atoms with Crippen LogP contribution in [0.5, 0.6) is 0 Å². The van der Waals surface area contributed by atoms with Crippen molar-refractivity contribution in [1.82, 2.24) is 4.98 Å². The van der Waals surface area contributed by atoms with E-state index in [0.29, 0.717) is 16.5 Å². The highest BCUT2D eigenvalue weighted by atomic mass is 79.9. The van der Waals surface area contributed by atoms with Gasteiger partial charge in [0.1, 0.15) is 0 Å². The molecule has 0 aliphatic rings. The molecular formula is C14H14BrNO2. The summed E-state index contributed by atoms with van der Waals surface area (Å²) >= 11 is 3.37. The summed E-state index contributed by atoms with van der Waals surface area (Å²) in [5, 5.41) is 10.1. The van der Waals surface area contributed by atoms with Gasteiger partial charge in [0.2, 0.25) is 0 Å². The summed E-state index contributed by atoms with van der Waals surface area (Å²) in [6, 6.07) is 5.49. The predicted octanol–water partition coefficient (Wildman–Crippen LogP) is 4.21. The smallest absolute Gasteiger partial charge is 0.336 e. The van der Waals surface area contributed by atoms with E-state index in [1.165, 1.54) is 0 Å². The van der Waals surface area contributed by atoms with Gasteiger partial charge < -0.3 is 5.11 Å². The van der Waals surface area contributed by atoms with Crippen molar-refractivity contribution in [3.8, 4) is 0 Å². The van der Waals surface area contributed by atoms with Gasteiger partial charge in [-0.15, -0.1) is 0 Å². The molecular weight excluding hydrogens is 294 g/mol. The van der Waals surface area contributed by atoms with Crippen molar-refractivity contribution in [3.63, 3.8) is 0 Å². The van der Waals surface area contributed by atoms with E-state index in [4.69, 9.17) is 0 Å². The second-order valence-electron chi connectivity index (χ2n) is 4.36. The first kappa shape index (κ1) is 13.0. The third kappa shape index (κ3) is 2.25. The Morgan fingerprint density at radius 1 is 1.50 bits per heavy atom. The number of hydrogen-bond acceptors (Lipinski definition) is 2. The monoisotopic (exact) mass is 307 g/mol. The maximum Gasteiger partial charge on any atom is 0.336 e. The van der Waals surface area contributed by atoms with Crippen LogP contribution in [0.15, 0.2) is 28.9 Å². The van der Waals surface area contributed by atoms with E-state index < -0.39 is 5.97 Å². The Morgan fingerprint density at radius 3 is 2.83 bits per heavy atom. The molecule has 0 fully saturated rings. The molecule has 0 saturated heterocycles. The Labute approximate surface area is 114 Å². The number of halogens is 1. The van der Waals surface area contributed by atoms with Crippen molar-refractivity contribution in [3.05, 3.63) is 40.0 Å². The number of benzene rings is 1. The van der Waals surface area contributed by atoms with Crippen molar-refractivity contribution in [1.29, 1.82) is 0 Å². The molecule has 0 aliphatic heterocycles. The van der Waals surface area contributed by atoms with Crippen molar-refractivity contribution >= 4 is 32.8 Å². The zero-order valence-corrected chi connectivity index (χ0v) is 11.9. The molecule has 3 nitrogen and oxygen atoms in total. The summed E-state index contributed by atoms with van der Waals surface area (Å²) in [6.45, 7) is 4.07. The molecule has 1 heterocycles. The number of nitrogens with zero attached hydrogens (tertiary/aromatic N) is 1. The van der Waals surface area contributed by atoms with Crippen LogP contribution in [0.4, 0.5) is 0 Å². The number of carboxylic acid groups (broad SMARTS) is 1.